The zero-order valence-electron chi connectivity index (χ0n) is 11.0. The van der Waals surface area contributed by atoms with Crippen LogP contribution in [-0.4, -0.2) is 16.6 Å². The number of nitrogen functional groups attached to an aromatic ring is 1. The number of rotatable bonds is 2. The van der Waals surface area contributed by atoms with E-state index in [-0.39, 0.29) is 0 Å². The summed E-state index contributed by atoms with van der Waals surface area (Å²) in [5, 5.41) is 0. The number of imidazole rings is 1. The first kappa shape index (κ1) is 11.6. The highest BCUT2D eigenvalue weighted by Gasteiger charge is 2.08. The summed E-state index contributed by atoms with van der Waals surface area (Å²) < 4.78 is 2.01. The van der Waals surface area contributed by atoms with Gasteiger partial charge in [-0.1, -0.05) is 12.1 Å². The van der Waals surface area contributed by atoms with Crippen molar-refractivity contribution in [1.29, 1.82) is 0 Å². The molecule has 96 valence electrons. The van der Waals surface area contributed by atoms with Crippen LogP contribution in [0.3, 0.4) is 0 Å². The molecule has 4 heteroatoms. The van der Waals surface area contributed by atoms with Gasteiger partial charge in [-0.3, -0.25) is 0 Å². The van der Waals surface area contributed by atoms with E-state index in [4.69, 9.17) is 5.73 Å². The first-order valence-electron chi connectivity index (χ1n) is 6.16. The normalized spacial score (nSPS) is 10.8. The molecule has 3 aromatic rings. The second-order valence-electron chi connectivity index (χ2n) is 4.65. The number of benzene rings is 2. The van der Waals surface area contributed by atoms with Gasteiger partial charge in [0.2, 0.25) is 0 Å². The lowest BCUT2D eigenvalue weighted by atomic mass is 10.2. The molecule has 0 aliphatic carbocycles. The zero-order valence-corrected chi connectivity index (χ0v) is 11.0. The fourth-order valence-electron chi connectivity index (χ4n) is 2.27. The first-order valence-corrected chi connectivity index (χ1v) is 6.16. The number of aryl methyl sites for hydroxylation is 1. The molecular formula is C15H16N4. The van der Waals surface area contributed by atoms with E-state index in [2.05, 4.69) is 28.1 Å². The van der Waals surface area contributed by atoms with Gasteiger partial charge < -0.3 is 15.2 Å². The molecule has 2 aromatic carbocycles. The molecule has 0 unspecified atom stereocenters. The van der Waals surface area contributed by atoms with Crippen molar-refractivity contribution in [2.24, 2.45) is 7.05 Å². The van der Waals surface area contributed by atoms with Crippen molar-refractivity contribution in [3.05, 3.63) is 48.8 Å². The molecule has 1 heterocycles. The molecule has 0 bridgehead atoms. The summed E-state index contributed by atoms with van der Waals surface area (Å²) in [5.41, 5.74) is 11.0. The fourth-order valence-corrected chi connectivity index (χ4v) is 2.27. The van der Waals surface area contributed by atoms with Gasteiger partial charge in [0.1, 0.15) is 0 Å². The standard InChI is InChI=1S/C15H16N4/c1-18-10-17-13-9-11(7-8-15(13)18)19(2)14-6-4-3-5-12(14)16/h3-10H,16H2,1-2H3. The molecule has 0 spiro atoms. The number of para-hydroxylation sites is 2. The van der Waals surface area contributed by atoms with Gasteiger partial charge in [-0.05, 0) is 30.3 Å². The Kier molecular flexibility index (Phi) is 2.63. The summed E-state index contributed by atoms with van der Waals surface area (Å²) in [6.07, 6.45) is 1.82. The number of hydrogen-bond donors (Lipinski definition) is 1. The number of aromatic nitrogens is 2. The van der Waals surface area contributed by atoms with Crippen molar-refractivity contribution in [2.45, 2.75) is 0 Å². The van der Waals surface area contributed by atoms with Crippen LogP contribution >= 0.6 is 0 Å². The largest absolute Gasteiger partial charge is 0.397 e. The van der Waals surface area contributed by atoms with Crippen LogP contribution in [0.15, 0.2) is 48.8 Å². The predicted molar refractivity (Wildman–Crippen MR) is 79.6 cm³/mol. The molecule has 0 amide bonds. The molecule has 0 atom stereocenters. The number of nitrogens with zero attached hydrogens (tertiary/aromatic N) is 3. The van der Waals surface area contributed by atoms with Gasteiger partial charge in [-0.2, -0.15) is 0 Å². The lowest BCUT2D eigenvalue weighted by Crippen LogP contribution is -2.11. The molecule has 2 N–H and O–H groups in total. The average Bonchev–Trinajstić information content (AvgIpc) is 2.80. The minimum absolute atomic E-state index is 0.770. The van der Waals surface area contributed by atoms with Crippen LogP contribution in [0.2, 0.25) is 0 Å². The molecule has 0 aliphatic heterocycles. The van der Waals surface area contributed by atoms with Gasteiger partial charge >= 0.3 is 0 Å². The number of nitrogens with two attached hydrogens (primary N) is 1. The van der Waals surface area contributed by atoms with Crippen molar-refractivity contribution in [2.75, 3.05) is 17.7 Å². The lowest BCUT2D eigenvalue weighted by molar-refractivity contribution is 0.947. The van der Waals surface area contributed by atoms with Gasteiger partial charge in [-0.15, -0.1) is 0 Å². The van der Waals surface area contributed by atoms with E-state index in [1.165, 1.54) is 0 Å². The maximum atomic E-state index is 6.01. The minimum Gasteiger partial charge on any atom is -0.397 e. The third kappa shape index (κ3) is 1.91. The van der Waals surface area contributed by atoms with Crippen LogP contribution in [0.4, 0.5) is 17.1 Å². The SMILES string of the molecule is CN(c1ccc2c(c1)ncn2C)c1ccccc1N. The Morgan fingerprint density at radius 2 is 1.95 bits per heavy atom. The Labute approximate surface area is 112 Å². The quantitative estimate of drug-likeness (QED) is 0.713. The van der Waals surface area contributed by atoms with E-state index in [0.29, 0.717) is 0 Å². The Morgan fingerprint density at radius 1 is 1.16 bits per heavy atom. The van der Waals surface area contributed by atoms with Crippen molar-refractivity contribution in [3.8, 4) is 0 Å². The van der Waals surface area contributed by atoms with Crippen molar-refractivity contribution >= 4 is 28.1 Å². The van der Waals surface area contributed by atoms with Crippen LogP contribution in [0, 0.1) is 0 Å². The summed E-state index contributed by atoms with van der Waals surface area (Å²) in [7, 11) is 4.00. The van der Waals surface area contributed by atoms with E-state index >= 15 is 0 Å². The van der Waals surface area contributed by atoms with Crippen LogP contribution in [0.5, 0.6) is 0 Å². The topological polar surface area (TPSA) is 47.1 Å². The Morgan fingerprint density at radius 3 is 2.74 bits per heavy atom. The van der Waals surface area contributed by atoms with Crippen LogP contribution in [0.25, 0.3) is 11.0 Å². The van der Waals surface area contributed by atoms with Crippen molar-refractivity contribution < 1.29 is 0 Å². The first-order chi connectivity index (χ1) is 9.16. The van der Waals surface area contributed by atoms with Gasteiger partial charge in [0.25, 0.3) is 0 Å². The maximum Gasteiger partial charge on any atom is 0.0955 e. The fraction of sp³-hybridized carbons (Fsp3) is 0.133. The summed E-state index contributed by atoms with van der Waals surface area (Å²) >= 11 is 0. The molecular weight excluding hydrogens is 236 g/mol. The highest BCUT2D eigenvalue weighted by Crippen LogP contribution is 2.30. The number of fused-ring (bicyclic) bond motifs is 1. The van der Waals surface area contributed by atoms with Gasteiger partial charge in [-0.25, -0.2) is 4.98 Å². The van der Waals surface area contributed by atoms with E-state index in [1.54, 1.807) is 0 Å². The molecule has 0 saturated carbocycles. The molecule has 0 radical (unpaired) electrons. The highest BCUT2D eigenvalue weighted by atomic mass is 15.1. The van der Waals surface area contributed by atoms with E-state index < -0.39 is 0 Å². The van der Waals surface area contributed by atoms with Crippen LogP contribution in [-0.2, 0) is 7.05 Å². The third-order valence-corrected chi connectivity index (χ3v) is 3.39. The van der Waals surface area contributed by atoms with E-state index in [0.717, 1.165) is 28.1 Å². The molecule has 3 rings (SSSR count). The molecule has 0 aliphatic rings. The Bertz CT molecular complexity index is 730. The van der Waals surface area contributed by atoms with Gasteiger partial charge in [0, 0.05) is 19.8 Å². The number of hydrogen-bond acceptors (Lipinski definition) is 3. The Balaban J connectivity index is 2.06. The summed E-state index contributed by atoms with van der Waals surface area (Å²) in [5.74, 6) is 0. The van der Waals surface area contributed by atoms with E-state index in [9.17, 15) is 0 Å². The minimum atomic E-state index is 0.770. The molecule has 0 saturated heterocycles. The second kappa shape index (κ2) is 4.31. The maximum absolute atomic E-state index is 6.01. The average molecular weight is 252 g/mol. The van der Waals surface area contributed by atoms with Crippen molar-refractivity contribution in [1.82, 2.24) is 9.55 Å². The summed E-state index contributed by atoms with van der Waals surface area (Å²) in [4.78, 5) is 6.46. The van der Waals surface area contributed by atoms with Crippen LogP contribution in [0.1, 0.15) is 0 Å². The van der Waals surface area contributed by atoms with Crippen molar-refractivity contribution in [3.63, 3.8) is 0 Å². The molecule has 1 aromatic heterocycles. The lowest BCUT2D eigenvalue weighted by Gasteiger charge is -2.21. The molecule has 4 nitrogen and oxygen atoms in total. The monoisotopic (exact) mass is 252 g/mol. The zero-order chi connectivity index (χ0) is 13.4. The number of anilines is 3. The highest BCUT2D eigenvalue weighted by molar-refractivity contribution is 5.83. The van der Waals surface area contributed by atoms with Gasteiger partial charge in [0.15, 0.2) is 0 Å². The molecule has 0 fully saturated rings. The van der Waals surface area contributed by atoms with E-state index in [1.807, 2.05) is 49.3 Å². The van der Waals surface area contributed by atoms with Gasteiger partial charge in [0.05, 0.1) is 28.7 Å². The smallest absolute Gasteiger partial charge is 0.0955 e. The molecule has 19 heavy (non-hydrogen) atoms. The predicted octanol–water partition coefficient (Wildman–Crippen LogP) is 2.92. The Hall–Kier alpha value is -2.49. The summed E-state index contributed by atoms with van der Waals surface area (Å²) in [6, 6.07) is 14.1. The summed E-state index contributed by atoms with van der Waals surface area (Å²) in [6.45, 7) is 0. The third-order valence-electron chi connectivity index (χ3n) is 3.39. The second-order valence-corrected chi connectivity index (χ2v) is 4.65. The van der Waals surface area contributed by atoms with Crippen LogP contribution < -0.4 is 10.6 Å².